The SMILES string of the molecule is COc1cc(OC)c(OC)cc1CN1CCC(N2CCc3ccccc3C2)CC1.O=C(O)C(=O)O. The van der Waals surface area contributed by atoms with Crippen molar-refractivity contribution in [3.63, 3.8) is 0 Å². The van der Waals surface area contributed by atoms with Crippen molar-refractivity contribution in [2.75, 3.05) is 41.0 Å². The first-order valence-electron chi connectivity index (χ1n) is 11.6. The smallest absolute Gasteiger partial charge is 0.414 e. The molecule has 0 bridgehead atoms. The highest BCUT2D eigenvalue weighted by Gasteiger charge is 2.27. The van der Waals surface area contributed by atoms with E-state index in [1.807, 2.05) is 12.1 Å². The topological polar surface area (TPSA) is 109 Å². The molecular formula is C26H34N2O7. The lowest BCUT2D eigenvalue weighted by atomic mass is 9.95. The van der Waals surface area contributed by atoms with Crippen LogP contribution in [-0.2, 0) is 29.1 Å². The van der Waals surface area contributed by atoms with Gasteiger partial charge in [0.1, 0.15) is 5.75 Å². The number of benzene rings is 2. The van der Waals surface area contributed by atoms with Gasteiger partial charge in [-0.25, -0.2) is 9.59 Å². The molecule has 0 aliphatic carbocycles. The number of ether oxygens (including phenoxy) is 3. The molecule has 2 heterocycles. The fourth-order valence-electron chi connectivity index (χ4n) is 4.73. The van der Waals surface area contributed by atoms with Crippen LogP contribution in [0.15, 0.2) is 36.4 Å². The molecule has 2 aliphatic heterocycles. The van der Waals surface area contributed by atoms with E-state index in [4.69, 9.17) is 34.0 Å². The lowest BCUT2D eigenvalue weighted by Gasteiger charge is -2.40. The summed E-state index contributed by atoms with van der Waals surface area (Å²) in [6, 6.07) is 13.6. The number of carboxylic acid groups (broad SMARTS) is 2. The van der Waals surface area contributed by atoms with E-state index in [9.17, 15) is 0 Å². The first-order valence-corrected chi connectivity index (χ1v) is 11.6. The number of carboxylic acids is 2. The standard InChI is InChI=1S/C24H32N2O3.C2H2O4/c1-27-22-15-24(29-3)23(28-2)14-20(22)16-25-11-9-21(10-12-25)26-13-8-18-6-4-5-7-19(18)17-26;3-1(4)2(5)6/h4-7,14-15,21H,8-13,16-17H2,1-3H3;(H,3,4)(H,5,6). The molecular weight excluding hydrogens is 452 g/mol. The van der Waals surface area contributed by atoms with Crippen LogP contribution in [0.2, 0.25) is 0 Å². The van der Waals surface area contributed by atoms with Crippen LogP contribution in [0.4, 0.5) is 0 Å². The average Bonchev–Trinajstić information content (AvgIpc) is 2.88. The normalized spacial score (nSPS) is 16.4. The number of carbonyl (C=O) groups is 2. The zero-order valence-corrected chi connectivity index (χ0v) is 20.5. The fourth-order valence-corrected chi connectivity index (χ4v) is 4.73. The third-order valence-electron chi connectivity index (χ3n) is 6.60. The van der Waals surface area contributed by atoms with Gasteiger partial charge in [-0.05, 0) is 49.5 Å². The molecule has 2 aromatic rings. The summed E-state index contributed by atoms with van der Waals surface area (Å²) in [5.74, 6) is -1.33. The zero-order valence-electron chi connectivity index (χ0n) is 20.5. The van der Waals surface area contributed by atoms with Crippen LogP contribution in [0, 0.1) is 0 Å². The maximum absolute atomic E-state index is 9.10. The Hall–Kier alpha value is -3.30. The molecule has 1 fully saturated rings. The second kappa shape index (κ2) is 12.4. The van der Waals surface area contributed by atoms with Crippen LogP contribution in [0.3, 0.4) is 0 Å². The number of rotatable bonds is 6. The third kappa shape index (κ3) is 6.86. The van der Waals surface area contributed by atoms with Gasteiger partial charge in [0, 0.05) is 37.3 Å². The second-order valence-electron chi connectivity index (χ2n) is 8.63. The minimum atomic E-state index is -1.82. The van der Waals surface area contributed by atoms with E-state index in [1.54, 1.807) is 21.3 Å². The Labute approximate surface area is 205 Å². The Morgan fingerprint density at radius 3 is 2.00 bits per heavy atom. The minimum Gasteiger partial charge on any atom is -0.496 e. The first kappa shape index (κ1) is 26.3. The minimum absolute atomic E-state index is 0.687. The Morgan fingerprint density at radius 2 is 1.43 bits per heavy atom. The molecule has 0 spiro atoms. The molecule has 2 aromatic carbocycles. The lowest BCUT2D eigenvalue weighted by molar-refractivity contribution is -0.159. The van der Waals surface area contributed by atoms with Gasteiger partial charge in [-0.15, -0.1) is 0 Å². The molecule has 0 radical (unpaired) electrons. The van der Waals surface area contributed by atoms with Gasteiger partial charge >= 0.3 is 11.9 Å². The maximum atomic E-state index is 9.10. The molecule has 190 valence electrons. The highest BCUT2D eigenvalue weighted by molar-refractivity contribution is 6.27. The summed E-state index contributed by atoms with van der Waals surface area (Å²) in [7, 11) is 5.04. The van der Waals surface area contributed by atoms with Gasteiger partial charge in [0.2, 0.25) is 0 Å². The monoisotopic (exact) mass is 486 g/mol. The largest absolute Gasteiger partial charge is 0.496 e. The fraction of sp³-hybridized carbons (Fsp3) is 0.462. The Bertz CT molecular complexity index is 1010. The molecule has 35 heavy (non-hydrogen) atoms. The average molecular weight is 487 g/mol. The second-order valence-corrected chi connectivity index (χ2v) is 8.63. The van der Waals surface area contributed by atoms with Gasteiger partial charge in [0.05, 0.1) is 21.3 Å². The van der Waals surface area contributed by atoms with Gasteiger partial charge in [-0.3, -0.25) is 9.80 Å². The number of likely N-dealkylation sites (tertiary alicyclic amines) is 1. The van der Waals surface area contributed by atoms with Gasteiger partial charge in [-0.2, -0.15) is 0 Å². The first-order chi connectivity index (χ1) is 16.9. The molecule has 1 saturated heterocycles. The summed E-state index contributed by atoms with van der Waals surface area (Å²) in [6.45, 7) is 5.38. The van der Waals surface area contributed by atoms with Gasteiger partial charge in [0.15, 0.2) is 11.5 Å². The third-order valence-corrected chi connectivity index (χ3v) is 6.60. The van der Waals surface area contributed by atoms with Crippen LogP contribution < -0.4 is 14.2 Å². The Kier molecular flexibility index (Phi) is 9.33. The summed E-state index contributed by atoms with van der Waals surface area (Å²) >= 11 is 0. The van der Waals surface area contributed by atoms with Gasteiger partial charge in [-0.1, -0.05) is 24.3 Å². The number of nitrogens with zero attached hydrogens (tertiary/aromatic N) is 2. The van der Waals surface area contributed by atoms with Crippen LogP contribution in [0.1, 0.15) is 29.5 Å². The molecule has 9 nitrogen and oxygen atoms in total. The van der Waals surface area contributed by atoms with Crippen molar-refractivity contribution in [1.82, 2.24) is 9.80 Å². The number of hydrogen-bond acceptors (Lipinski definition) is 7. The van der Waals surface area contributed by atoms with E-state index in [0.29, 0.717) is 11.8 Å². The number of methoxy groups -OCH3 is 3. The van der Waals surface area contributed by atoms with Crippen molar-refractivity contribution in [3.8, 4) is 17.2 Å². The summed E-state index contributed by atoms with van der Waals surface area (Å²) in [6.07, 6.45) is 3.62. The molecule has 9 heteroatoms. The van der Waals surface area contributed by atoms with Crippen LogP contribution in [0.5, 0.6) is 17.2 Å². The van der Waals surface area contributed by atoms with Crippen molar-refractivity contribution >= 4 is 11.9 Å². The van der Waals surface area contributed by atoms with E-state index in [0.717, 1.165) is 43.2 Å². The van der Waals surface area contributed by atoms with E-state index in [2.05, 4.69) is 34.1 Å². The molecule has 4 rings (SSSR count). The molecule has 0 atom stereocenters. The van der Waals surface area contributed by atoms with Crippen LogP contribution in [-0.4, -0.2) is 79.0 Å². The number of aliphatic carboxylic acids is 2. The van der Waals surface area contributed by atoms with E-state index < -0.39 is 11.9 Å². The predicted octanol–water partition coefficient (Wildman–Crippen LogP) is 2.89. The number of piperidine rings is 1. The predicted molar refractivity (Wildman–Crippen MR) is 130 cm³/mol. The Morgan fingerprint density at radius 1 is 0.857 bits per heavy atom. The zero-order chi connectivity index (χ0) is 25.4. The summed E-state index contributed by atoms with van der Waals surface area (Å²) in [5, 5.41) is 14.8. The number of fused-ring (bicyclic) bond motifs is 1. The van der Waals surface area contributed by atoms with Crippen molar-refractivity contribution in [2.45, 2.75) is 38.4 Å². The molecule has 2 N–H and O–H groups in total. The maximum Gasteiger partial charge on any atom is 0.414 e. The lowest BCUT2D eigenvalue weighted by Crippen LogP contribution is -2.46. The molecule has 0 amide bonds. The van der Waals surface area contributed by atoms with E-state index >= 15 is 0 Å². The van der Waals surface area contributed by atoms with Crippen LogP contribution >= 0.6 is 0 Å². The highest BCUT2D eigenvalue weighted by Crippen LogP contribution is 2.35. The van der Waals surface area contributed by atoms with E-state index in [1.165, 1.54) is 36.9 Å². The van der Waals surface area contributed by atoms with Crippen molar-refractivity contribution < 1.29 is 34.0 Å². The summed E-state index contributed by atoms with van der Waals surface area (Å²) < 4.78 is 16.5. The van der Waals surface area contributed by atoms with Crippen molar-refractivity contribution in [3.05, 3.63) is 53.1 Å². The number of hydrogen-bond donors (Lipinski definition) is 2. The van der Waals surface area contributed by atoms with Crippen molar-refractivity contribution in [1.29, 1.82) is 0 Å². The molecule has 0 unspecified atom stereocenters. The molecule has 0 saturated carbocycles. The highest BCUT2D eigenvalue weighted by atomic mass is 16.5. The Balaban J connectivity index is 0.000000509. The van der Waals surface area contributed by atoms with E-state index in [-0.39, 0.29) is 0 Å². The molecule has 0 aromatic heterocycles. The van der Waals surface area contributed by atoms with Crippen molar-refractivity contribution in [2.24, 2.45) is 0 Å². The summed E-state index contributed by atoms with van der Waals surface area (Å²) in [5.41, 5.74) is 4.19. The van der Waals surface area contributed by atoms with Crippen LogP contribution in [0.25, 0.3) is 0 Å². The molecule has 2 aliphatic rings. The van der Waals surface area contributed by atoms with Gasteiger partial charge < -0.3 is 24.4 Å². The summed E-state index contributed by atoms with van der Waals surface area (Å²) in [4.78, 5) is 23.4. The quantitative estimate of drug-likeness (QED) is 0.596. The van der Waals surface area contributed by atoms with Gasteiger partial charge in [0.25, 0.3) is 0 Å².